The molecule has 1 rings (SSSR count). The minimum Gasteiger partial charge on any atom is -0.494 e. The van der Waals surface area contributed by atoms with Crippen molar-refractivity contribution in [2.24, 2.45) is 5.16 Å². The minimum absolute atomic E-state index is 0.580. The van der Waals surface area contributed by atoms with E-state index in [1.54, 1.807) is 0 Å². The molecule has 6 heteroatoms. The van der Waals surface area contributed by atoms with Gasteiger partial charge < -0.3 is 9.94 Å². The maximum Gasteiger partial charge on any atom is 0.428 e. The molecule has 1 N–H and O–H groups in total. The molecule has 0 radical (unpaired) electrons. The van der Waals surface area contributed by atoms with Crippen molar-refractivity contribution >= 4 is 5.90 Å². The van der Waals surface area contributed by atoms with Crippen LogP contribution in [0.2, 0.25) is 0 Å². The van der Waals surface area contributed by atoms with Gasteiger partial charge in [0.2, 0.25) is 12.0 Å². The number of hydrogen-bond donors (Lipinski definition) is 1. The van der Waals surface area contributed by atoms with E-state index in [9.17, 15) is 13.2 Å². The molecule has 0 saturated heterocycles. The van der Waals surface area contributed by atoms with Crippen LogP contribution in [0.4, 0.5) is 13.2 Å². The fourth-order valence-electron chi connectivity index (χ4n) is 0.540. The Morgan fingerprint density at radius 3 is 2.40 bits per heavy atom. The van der Waals surface area contributed by atoms with Crippen LogP contribution < -0.4 is 0 Å². The number of nitrogens with zero attached hydrogens (tertiary/aromatic N) is 1. The highest BCUT2D eigenvalue weighted by Crippen LogP contribution is 2.28. The summed E-state index contributed by atoms with van der Waals surface area (Å²) in [6, 6.07) is 0. The van der Waals surface area contributed by atoms with Gasteiger partial charge in [-0.25, -0.2) is 0 Å². The first-order valence-electron chi connectivity index (χ1n) is 2.48. The fourth-order valence-corrected chi connectivity index (χ4v) is 0.540. The Morgan fingerprint density at radius 1 is 1.60 bits per heavy atom. The average Bonchev–Trinajstić information content (AvgIpc) is 2.11. The Balaban J connectivity index is 2.50. The molecule has 3 nitrogen and oxygen atoms in total. The van der Waals surface area contributed by atoms with Crippen molar-refractivity contribution in [1.82, 2.24) is 0 Å². The third-order valence-corrected chi connectivity index (χ3v) is 1.02. The maximum absolute atomic E-state index is 11.6. The number of hydrogen-bond acceptors (Lipinski definition) is 2. The van der Waals surface area contributed by atoms with Crippen molar-refractivity contribution in [1.29, 1.82) is 0 Å². The highest BCUT2D eigenvalue weighted by atomic mass is 19.4. The van der Waals surface area contributed by atoms with E-state index in [4.69, 9.17) is 5.11 Å². The second-order valence-electron chi connectivity index (χ2n) is 1.85. The Bertz CT molecular complexity index is 164. The molecule has 0 aromatic carbocycles. The highest BCUT2D eigenvalue weighted by molar-refractivity contribution is 5.74. The number of alkyl halides is 3. The number of oxime groups is 1. The summed E-state index contributed by atoms with van der Waals surface area (Å²) in [6.45, 7) is 0. The summed E-state index contributed by atoms with van der Waals surface area (Å²) >= 11 is 0. The molecule has 58 valence electrons. The Hall–Kier alpha value is -0.940. The maximum atomic E-state index is 11.6. The molecule has 0 aromatic rings. The van der Waals surface area contributed by atoms with E-state index in [0.717, 1.165) is 0 Å². The quantitative estimate of drug-likeness (QED) is 0.571. The van der Waals surface area contributed by atoms with Gasteiger partial charge in [-0.3, -0.25) is 0 Å². The third kappa shape index (κ3) is 1.31. The minimum atomic E-state index is -4.44. The lowest BCUT2D eigenvalue weighted by molar-refractivity contribution is -0.212. The summed E-state index contributed by atoms with van der Waals surface area (Å²) in [6.07, 6.45) is -6.98. The zero-order valence-electron chi connectivity index (χ0n) is 4.72. The van der Waals surface area contributed by atoms with E-state index in [0.29, 0.717) is 0 Å². The summed E-state index contributed by atoms with van der Waals surface area (Å²) in [7, 11) is 0. The molecule has 0 aromatic heterocycles. The van der Waals surface area contributed by atoms with Crippen molar-refractivity contribution in [3.05, 3.63) is 0 Å². The highest BCUT2D eigenvalue weighted by Gasteiger charge is 2.45. The van der Waals surface area contributed by atoms with E-state index >= 15 is 0 Å². The summed E-state index contributed by atoms with van der Waals surface area (Å²) in [5.41, 5.74) is 0. The second kappa shape index (κ2) is 2.03. The molecule has 0 saturated carbocycles. The summed E-state index contributed by atoms with van der Waals surface area (Å²) in [5.74, 6) is -0.609. The van der Waals surface area contributed by atoms with Gasteiger partial charge in [0.05, 0.1) is 6.42 Å². The van der Waals surface area contributed by atoms with Gasteiger partial charge >= 0.3 is 6.18 Å². The molecule has 0 bridgehead atoms. The lowest BCUT2D eigenvalue weighted by Crippen LogP contribution is -2.28. The van der Waals surface area contributed by atoms with Crippen LogP contribution in [-0.2, 0) is 4.84 Å². The Morgan fingerprint density at radius 2 is 2.20 bits per heavy atom. The molecule has 1 atom stereocenters. The van der Waals surface area contributed by atoms with Crippen LogP contribution in [-0.4, -0.2) is 23.3 Å². The van der Waals surface area contributed by atoms with E-state index in [1.165, 1.54) is 0 Å². The Labute approximate surface area is 54.1 Å². The lowest BCUT2D eigenvalue weighted by Gasteiger charge is -2.10. The van der Waals surface area contributed by atoms with Crippen LogP contribution in [0.25, 0.3) is 0 Å². The third-order valence-electron chi connectivity index (χ3n) is 1.02. The zero-order valence-corrected chi connectivity index (χ0v) is 4.72. The molecule has 1 aliphatic heterocycles. The molecular weight excluding hydrogens is 151 g/mol. The Kier molecular flexibility index (Phi) is 1.46. The van der Waals surface area contributed by atoms with E-state index in [2.05, 4.69) is 9.99 Å². The van der Waals surface area contributed by atoms with Crippen molar-refractivity contribution in [3.63, 3.8) is 0 Å². The monoisotopic (exact) mass is 155 g/mol. The smallest absolute Gasteiger partial charge is 0.428 e. The topological polar surface area (TPSA) is 41.8 Å². The van der Waals surface area contributed by atoms with Gasteiger partial charge in [0.25, 0.3) is 0 Å². The molecule has 10 heavy (non-hydrogen) atoms. The van der Waals surface area contributed by atoms with Crippen molar-refractivity contribution in [3.8, 4) is 0 Å². The predicted molar refractivity (Wildman–Crippen MR) is 25.6 cm³/mol. The molecule has 1 heterocycles. The van der Waals surface area contributed by atoms with E-state index in [1.807, 2.05) is 0 Å². The van der Waals surface area contributed by atoms with Crippen molar-refractivity contribution in [2.45, 2.75) is 18.7 Å². The van der Waals surface area contributed by atoms with Crippen LogP contribution in [0, 0.1) is 0 Å². The molecule has 0 spiro atoms. The number of aliphatic hydroxyl groups excluding tert-OH is 1. The average molecular weight is 155 g/mol. The fraction of sp³-hybridized carbons (Fsp3) is 0.750. The number of aliphatic hydroxyl groups is 1. The number of rotatable bonds is 0. The van der Waals surface area contributed by atoms with Gasteiger partial charge in [0.1, 0.15) is 0 Å². The lowest BCUT2D eigenvalue weighted by atomic mass is 10.2. The summed E-state index contributed by atoms with van der Waals surface area (Å²) in [4.78, 5) is 3.84. The van der Waals surface area contributed by atoms with Crippen LogP contribution in [0.3, 0.4) is 0 Å². The molecule has 1 aliphatic rings. The largest absolute Gasteiger partial charge is 0.494 e. The number of halogens is 3. The van der Waals surface area contributed by atoms with E-state index in [-0.39, 0.29) is 0 Å². The van der Waals surface area contributed by atoms with Gasteiger partial charge in [-0.2, -0.15) is 13.2 Å². The van der Waals surface area contributed by atoms with Crippen LogP contribution in [0.15, 0.2) is 5.16 Å². The first kappa shape index (κ1) is 7.17. The normalized spacial score (nSPS) is 25.9. The van der Waals surface area contributed by atoms with Crippen LogP contribution >= 0.6 is 0 Å². The van der Waals surface area contributed by atoms with Gasteiger partial charge in [0, 0.05) is 0 Å². The van der Waals surface area contributed by atoms with Gasteiger partial charge in [-0.1, -0.05) is 5.16 Å². The van der Waals surface area contributed by atoms with Gasteiger partial charge in [-0.15, -0.1) is 0 Å². The first-order chi connectivity index (χ1) is 4.50. The molecule has 1 unspecified atom stereocenters. The summed E-state index contributed by atoms with van der Waals surface area (Å²) < 4.78 is 34.9. The van der Waals surface area contributed by atoms with Gasteiger partial charge in [0.15, 0.2) is 0 Å². The predicted octanol–water partition coefficient (Wildman–Crippen LogP) is 1.21. The van der Waals surface area contributed by atoms with Crippen LogP contribution in [0.5, 0.6) is 0 Å². The molecule has 0 aliphatic carbocycles. The van der Waals surface area contributed by atoms with Crippen molar-refractivity contribution in [2.75, 3.05) is 0 Å². The SMILES string of the molecule is OC1=NOC(C(F)(F)F)C1. The molecule has 0 amide bonds. The molecular formula is C4H4F3NO2. The standard InChI is InChI=1S/C4H4F3NO2/c5-4(6,7)2-1-3(9)8-10-2/h2H,1H2,(H,8,9). The summed E-state index contributed by atoms with van der Waals surface area (Å²) in [5, 5.41) is 11.1. The molecule has 0 fully saturated rings. The van der Waals surface area contributed by atoms with E-state index < -0.39 is 24.6 Å². The van der Waals surface area contributed by atoms with Gasteiger partial charge in [-0.05, 0) is 0 Å². The first-order valence-corrected chi connectivity index (χ1v) is 2.48. The van der Waals surface area contributed by atoms with Crippen LogP contribution in [0.1, 0.15) is 6.42 Å². The van der Waals surface area contributed by atoms with Crippen molar-refractivity contribution < 1.29 is 23.1 Å². The second-order valence-corrected chi connectivity index (χ2v) is 1.85. The zero-order chi connectivity index (χ0) is 7.78.